The molecule has 0 aliphatic carbocycles. The molecule has 0 bridgehead atoms. The van der Waals surface area contributed by atoms with Gasteiger partial charge in [-0.25, -0.2) is 8.78 Å². The predicted octanol–water partition coefficient (Wildman–Crippen LogP) is 3.56. The molecule has 0 atom stereocenters. The highest BCUT2D eigenvalue weighted by atomic mass is 19.1. The third kappa shape index (κ3) is 4.42. The molecule has 0 unspecified atom stereocenters. The second-order valence-electron chi connectivity index (χ2n) is 8.54. The fraction of sp³-hybridized carbons (Fsp3) is 0.600. The highest BCUT2D eigenvalue weighted by molar-refractivity contribution is 6.55. The molecular formula is C20H29BF2N2O2. The van der Waals surface area contributed by atoms with Crippen LogP contribution in [0.2, 0.25) is 0 Å². The van der Waals surface area contributed by atoms with Gasteiger partial charge in [0.2, 0.25) is 0 Å². The van der Waals surface area contributed by atoms with Crippen LogP contribution >= 0.6 is 0 Å². The SMILES string of the molecule is CC1(C)OB(C(F)=C(CN2CCC(N)CC2)c2ccc(F)cc2)OC1(C)C. The van der Waals surface area contributed by atoms with E-state index < -0.39 is 24.0 Å². The van der Waals surface area contributed by atoms with E-state index >= 15 is 4.39 Å². The molecule has 0 spiro atoms. The van der Waals surface area contributed by atoms with Gasteiger partial charge in [0.25, 0.3) is 0 Å². The summed E-state index contributed by atoms with van der Waals surface area (Å²) in [7, 11) is -1.07. The summed E-state index contributed by atoms with van der Waals surface area (Å²) < 4.78 is 40.7. The van der Waals surface area contributed by atoms with Crippen LogP contribution in [0.3, 0.4) is 0 Å². The Bertz CT molecular complexity index is 682. The molecule has 0 radical (unpaired) electrons. The lowest BCUT2D eigenvalue weighted by molar-refractivity contribution is 0.00578. The maximum absolute atomic E-state index is 15.6. The minimum absolute atomic E-state index is 0.201. The molecule has 2 aliphatic rings. The lowest BCUT2D eigenvalue weighted by Gasteiger charge is -2.32. The molecule has 3 rings (SSSR count). The van der Waals surface area contributed by atoms with Crippen LogP contribution in [-0.4, -0.2) is 48.9 Å². The number of nitrogens with zero attached hydrogens (tertiary/aromatic N) is 1. The van der Waals surface area contributed by atoms with Crippen molar-refractivity contribution in [1.82, 2.24) is 4.90 Å². The lowest BCUT2D eigenvalue weighted by Crippen LogP contribution is -2.41. The number of hydrogen-bond donors (Lipinski definition) is 1. The van der Waals surface area contributed by atoms with Crippen molar-refractivity contribution in [3.63, 3.8) is 0 Å². The molecule has 2 saturated heterocycles. The van der Waals surface area contributed by atoms with Crippen LogP contribution in [0.1, 0.15) is 46.1 Å². The Morgan fingerprint density at radius 3 is 2.15 bits per heavy atom. The third-order valence-corrected chi connectivity index (χ3v) is 5.96. The van der Waals surface area contributed by atoms with Gasteiger partial charge in [-0.15, -0.1) is 0 Å². The molecule has 0 saturated carbocycles. The van der Waals surface area contributed by atoms with Crippen molar-refractivity contribution in [1.29, 1.82) is 0 Å². The van der Waals surface area contributed by atoms with Gasteiger partial charge < -0.3 is 15.0 Å². The number of likely N-dealkylation sites (tertiary alicyclic amines) is 1. The van der Waals surface area contributed by atoms with Gasteiger partial charge in [-0.05, 0) is 71.3 Å². The second-order valence-corrected chi connectivity index (χ2v) is 8.54. The van der Waals surface area contributed by atoms with E-state index in [9.17, 15) is 4.39 Å². The van der Waals surface area contributed by atoms with E-state index in [1.807, 2.05) is 27.7 Å². The molecule has 2 aliphatic heterocycles. The first-order valence-electron chi connectivity index (χ1n) is 9.57. The average Bonchev–Trinajstić information content (AvgIpc) is 2.82. The Balaban J connectivity index is 1.91. The number of halogens is 2. The van der Waals surface area contributed by atoms with E-state index in [-0.39, 0.29) is 11.9 Å². The first-order valence-corrected chi connectivity index (χ1v) is 9.57. The zero-order valence-electron chi connectivity index (χ0n) is 16.6. The van der Waals surface area contributed by atoms with Gasteiger partial charge in [-0.2, -0.15) is 0 Å². The molecule has 1 aromatic rings. The maximum Gasteiger partial charge on any atom is 0.525 e. The molecule has 0 amide bonds. The Hall–Kier alpha value is -1.28. The Labute approximate surface area is 160 Å². The van der Waals surface area contributed by atoms with Crippen molar-refractivity contribution in [2.45, 2.75) is 57.8 Å². The topological polar surface area (TPSA) is 47.7 Å². The summed E-state index contributed by atoms with van der Waals surface area (Å²) in [6.45, 7) is 9.60. The van der Waals surface area contributed by atoms with Crippen LogP contribution in [0.4, 0.5) is 8.78 Å². The minimum atomic E-state index is -1.07. The van der Waals surface area contributed by atoms with Gasteiger partial charge in [-0.1, -0.05) is 12.1 Å². The van der Waals surface area contributed by atoms with Gasteiger partial charge in [0, 0.05) is 18.2 Å². The molecular weight excluding hydrogens is 349 g/mol. The quantitative estimate of drug-likeness (QED) is 0.814. The summed E-state index contributed by atoms with van der Waals surface area (Å²) in [5.74, 6) is -0.349. The predicted molar refractivity (Wildman–Crippen MR) is 104 cm³/mol. The highest BCUT2D eigenvalue weighted by Gasteiger charge is 2.53. The Kier molecular flexibility index (Phi) is 5.78. The molecule has 7 heteroatoms. The van der Waals surface area contributed by atoms with Crippen LogP contribution in [0.15, 0.2) is 30.0 Å². The molecule has 2 N–H and O–H groups in total. The summed E-state index contributed by atoms with van der Waals surface area (Å²) >= 11 is 0. The number of benzene rings is 1. The number of rotatable bonds is 4. The molecule has 1 aromatic carbocycles. The van der Waals surface area contributed by atoms with E-state index in [1.165, 1.54) is 12.1 Å². The fourth-order valence-electron chi connectivity index (χ4n) is 3.38. The summed E-state index contributed by atoms with van der Waals surface area (Å²) in [6.07, 6.45) is 1.77. The maximum atomic E-state index is 15.6. The van der Waals surface area contributed by atoms with Crippen LogP contribution < -0.4 is 5.73 Å². The van der Waals surface area contributed by atoms with Gasteiger partial charge in [0.15, 0.2) is 0 Å². The molecule has 0 aromatic heterocycles. The van der Waals surface area contributed by atoms with Gasteiger partial charge >= 0.3 is 7.12 Å². The lowest BCUT2D eigenvalue weighted by atomic mass is 9.82. The number of piperidine rings is 1. The highest BCUT2D eigenvalue weighted by Crippen LogP contribution is 2.40. The second kappa shape index (κ2) is 7.62. The van der Waals surface area contributed by atoms with Crippen molar-refractivity contribution in [2.24, 2.45) is 5.73 Å². The van der Waals surface area contributed by atoms with E-state index in [4.69, 9.17) is 15.0 Å². The number of nitrogens with two attached hydrogens (primary N) is 1. The monoisotopic (exact) mass is 378 g/mol. The smallest absolute Gasteiger partial charge is 0.398 e. The van der Waals surface area contributed by atoms with Crippen LogP contribution in [0.25, 0.3) is 5.57 Å². The van der Waals surface area contributed by atoms with Gasteiger partial charge in [-0.3, -0.25) is 4.90 Å². The number of hydrogen-bond acceptors (Lipinski definition) is 4. The minimum Gasteiger partial charge on any atom is -0.398 e. The molecule has 2 fully saturated rings. The largest absolute Gasteiger partial charge is 0.525 e. The third-order valence-electron chi connectivity index (χ3n) is 5.96. The normalized spacial score (nSPS) is 24.2. The van der Waals surface area contributed by atoms with Crippen molar-refractivity contribution < 1.29 is 18.1 Å². The summed E-state index contributed by atoms with van der Waals surface area (Å²) in [5, 5.41) is 0. The zero-order valence-corrected chi connectivity index (χ0v) is 16.6. The summed E-state index contributed by atoms with van der Waals surface area (Å²) in [4.78, 5) is 2.17. The average molecular weight is 378 g/mol. The van der Waals surface area contributed by atoms with Crippen molar-refractivity contribution in [3.8, 4) is 0 Å². The van der Waals surface area contributed by atoms with Crippen molar-refractivity contribution in [2.75, 3.05) is 19.6 Å². The van der Waals surface area contributed by atoms with Crippen molar-refractivity contribution >= 4 is 12.7 Å². The first kappa shape index (κ1) is 20.5. The van der Waals surface area contributed by atoms with E-state index in [2.05, 4.69) is 4.90 Å². The summed E-state index contributed by atoms with van der Waals surface area (Å²) in [6, 6.07) is 6.10. The van der Waals surface area contributed by atoms with Gasteiger partial charge in [0.05, 0.1) is 11.2 Å². The molecule has 148 valence electrons. The molecule has 2 heterocycles. The summed E-state index contributed by atoms with van der Waals surface area (Å²) in [5.41, 5.74) is 5.40. The van der Waals surface area contributed by atoms with Gasteiger partial charge in [0.1, 0.15) is 11.5 Å². The van der Waals surface area contributed by atoms with E-state index in [1.54, 1.807) is 12.1 Å². The van der Waals surface area contributed by atoms with Crippen LogP contribution in [0, 0.1) is 5.82 Å². The zero-order chi connectivity index (χ0) is 19.8. The Morgan fingerprint density at radius 2 is 1.63 bits per heavy atom. The molecule has 4 nitrogen and oxygen atoms in total. The first-order chi connectivity index (χ1) is 12.6. The van der Waals surface area contributed by atoms with E-state index in [0.717, 1.165) is 25.9 Å². The van der Waals surface area contributed by atoms with Crippen molar-refractivity contribution in [3.05, 3.63) is 41.4 Å². The Morgan fingerprint density at radius 1 is 1.11 bits per heavy atom. The molecule has 27 heavy (non-hydrogen) atoms. The van der Waals surface area contributed by atoms with Crippen LogP contribution in [0.5, 0.6) is 0 Å². The van der Waals surface area contributed by atoms with Crippen LogP contribution in [-0.2, 0) is 9.31 Å². The fourth-order valence-corrected chi connectivity index (χ4v) is 3.38. The standard InChI is InChI=1S/C20H29BF2N2O2/c1-19(2)20(3,4)27-21(26-19)18(23)17(14-5-7-15(22)8-6-14)13-25-11-9-16(24)10-12-25/h5-8,16H,9-13,24H2,1-4H3. The van der Waals surface area contributed by atoms with E-state index in [0.29, 0.717) is 17.7 Å².